The van der Waals surface area contributed by atoms with Gasteiger partial charge < -0.3 is 11.1 Å². The molecular weight excluding hydrogens is 293 g/mol. The van der Waals surface area contributed by atoms with Crippen LogP contribution in [0.3, 0.4) is 0 Å². The standard InChI is InChI=1S/C15H11ClFN3O/c16-12-6-9(15(19)21)4-5-10(12)8-20-14-3-1-2-13(17)11(14)7-18/h1-6,20H,8H2,(H2,19,21). The normalized spacial score (nSPS) is 9.95. The molecule has 0 atom stereocenters. The van der Waals surface area contributed by atoms with Gasteiger partial charge in [-0.1, -0.05) is 23.7 Å². The number of carbonyl (C=O) groups excluding carboxylic acids is 1. The fraction of sp³-hybridized carbons (Fsp3) is 0.0667. The molecule has 0 unspecified atom stereocenters. The van der Waals surface area contributed by atoms with Crippen LogP contribution in [0.5, 0.6) is 0 Å². The quantitative estimate of drug-likeness (QED) is 0.911. The fourth-order valence-electron chi connectivity index (χ4n) is 1.82. The second-order valence-electron chi connectivity index (χ2n) is 4.30. The lowest BCUT2D eigenvalue weighted by Gasteiger charge is -2.10. The minimum absolute atomic E-state index is 0.0534. The van der Waals surface area contributed by atoms with Crippen molar-refractivity contribution in [3.63, 3.8) is 0 Å². The zero-order valence-electron chi connectivity index (χ0n) is 10.9. The van der Waals surface area contributed by atoms with Gasteiger partial charge in [0.05, 0.1) is 5.69 Å². The van der Waals surface area contributed by atoms with E-state index in [1.54, 1.807) is 18.2 Å². The molecule has 6 heteroatoms. The van der Waals surface area contributed by atoms with E-state index in [2.05, 4.69) is 5.32 Å². The third kappa shape index (κ3) is 3.30. The second kappa shape index (κ2) is 6.25. The minimum Gasteiger partial charge on any atom is -0.380 e. The van der Waals surface area contributed by atoms with Crippen molar-refractivity contribution in [1.29, 1.82) is 5.26 Å². The van der Waals surface area contributed by atoms with Gasteiger partial charge in [-0.2, -0.15) is 5.26 Å². The molecule has 0 radical (unpaired) electrons. The third-order valence-electron chi connectivity index (χ3n) is 2.93. The summed E-state index contributed by atoms with van der Waals surface area (Å²) in [5, 5.41) is 12.3. The zero-order chi connectivity index (χ0) is 15.4. The Kier molecular flexibility index (Phi) is 4.41. The highest BCUT2D eigenvalue weighted by Crippen LogP contribution is 2.22. The van der Waals surface area contributed by atoms with Gasteiger partial charge in [0.25, 0.3) is 0 Å². The number of nitrogens with zero attached hydrogens (tertiary/aromatic N) is 1. The average molecular weight is 304 g/mol. The van der Waals surface area contributed by atoms with E-state index >= 15 is 0 Å². The van der Waals surface area contributed by atoms with Crippen molar-refractivity contribution < 1.29 is 9.18 Å². The van der Waals surface area contributed by atoms with E-state index in [4.69, 9.17) is 22.6 Å². The third-order valence-corrected chi connectivity index (χ3v) is 3.28. The van der Waals surface area contributed by atoms with Crippen molar-refractivity contribution in [3.8, 4) is 6.07 Å². The van der Waals surface area contributed by atoms with E-state index in [0.29, 0.717) is 21.8 Å². The van der Waals surface area contributed by atoms with Crippen molar-refractivity contribution >= 4 is 23.2 Å². The van der Waals surface area contributed by atoms with Gasteiger partial charge in [-0.25, -0.2) is 4.39 Å². The number of primary amides is 1. The van der Waals surface area contributed by atoms with Crippen LogP contribution in [0.4, 0.5) is 10.1 Å². The van der Waals surface area contributed by atoms with Crippen LogP contribution in [0.1, 0.15) is 21.5 Å². The Balaban J connectivity index is 2.20. The van der Waals surface area contributed by atoms with Gasteiger partial charge in [0.1, 0.15) is 17.4 Å². The smallest absolute Gasteiger partial charge is 0.248 e. The maximum Gasteiger partial charge on any atom is 0.248 e. The van der Waals surface area contributed by atoms with E-state index in [1.807, 2.05) is 6.07 Å². The zero-order valence-corrected chi connectivity index (χ0v) is 11.6. The maximum atomic E-state index is 13.5. The number of halogens is 2. The molecule has 0 saturated carbocycles. The number of carbonyl (C=O) groups is 1. The summed E-state index contributed by atoms with van der Waals surface area (Å²) in [6.45, 7) is 0.288. The predicted octanol–water partition coefficient (Wildman–Crippen LogP) is 3.06. The van der Waals surface area contributed by atoms with E-state index in [0.717, 1.165) is 0 Å². The lowest BCUT2D eigenvalue weighted by molar-refractivity contribution is 0.100. The van der Waals surface area contributed by atoms with Crippen LogP contribution in [0, 0.1) is 17.1 Å². The summed E-state index contributed by atoms with van der Waals surface area (Å²) in [5.74, 6) is -1.15. The average Bonchev–Trinajstić information content (AvgIpc) is 2.45. The monoisotopic (exact) mass is 303 g/mol. The minimum atomic E-state index is -0.585. The molecule has 0 bridgehead atoms. The molecule has 2 rings (SSSR count). The van der Waals surface area contributed by atoms with Crippen LogP contribution >= 0.6 is 11.6 Å². The van der Waals surface area contributed by atoms with Crippen LogP contribution in [0.25, 0.3) is 0 Å². The highest BCUT2D eigenvalue weighted by atomic mass is 35.5. The van der Waals surface area contributed by atoms with Crippen molar-refractivity contribution in [2.45, 2.75) is 6.54 Å². The number of nitriles is 1. The molecule has 106 valence electrons. The predicted molar refractivity (Wildman–Crippen MR) is 78.4 cm³/mol. The van der Waals surface area contributed by atoms with Gasteiger partial charge in [0, 0.05) is 17.1 Å². The molecule has 0 aliphatic heterocycles. The van der Waals surface area contributed by atoms with Crippen LogP contribution in [0.2, 0.25) is 5.02 Å². The Morgan fingerprint density at radius 2 is 2.14 bits per heavy atom. The summed E-state index contributed by atoms with van der Waals surface area (Å²) in [7, 11) is 0. The largest absolute Gasteiger partial charge is 0.380 e. The summed E-state index contributed by atoms with van der Waals surface area (Å²) >= 11 is 6.06. The van der Waals surface area contributed by atoms with Crippen molar-refractivity contribution in [2.75, 3.05) is 5.32 Å². The Morgan fingerprint density at radius 3 is 2.76 bits per heavy atom. The van der Waals surface area contributed by atoms with Crippen LogP contribution in [-0.4, -0.2) is 5.91 Å². The van der Waals surface area contributed by atoms with E-state index < -0.39 is 11.7 Å². The number of hydrogen-bond acceptors (Lipinski definition) is 3. The highest BCUT2D eigenvalue weighted by Gasteiger charge is 2.09. The van der Waals surface area contributed by atoms with Crippen molar-refractivity contribution in [1.82, 2.24) is 0 Å². The molecule has 3 N–H and O–H groups in total. The molecule has 0 fully saturated rings. The molecule has 4 nitrogen and oxygen atoms in total. The lowest BCUT2D eigenvalue weighted by atomic mass is 10.1. The molecule has 0 spiro atoms. The number of rotatable bonds is 4. The number of nitrogens with one attached hydrogen (secondary N) is 1. The number of anilines is 1. The Labute approximate surface area is 125 Å². The molecule has 21 heavy (non-hydrogen) atoms. The molecular formula is C15H11ClFN3O. The number of benzene rings is 2. The summed E-state index contributed by atoms with van der Waals surface area (Å²) in [4.78, 5) is 11.0. The van der Waals surface area contributed by atoms with Gasteiger partial charge in [-0.3, -0.25) is 4.79 Å². The molecule has 2 aromatic carbocycles. The maximum absolute atomic E-state index is 13.5. The highest BCUT2D eigenvalue weighted by molar-refractivity contribution is 6.31. The number of amides is 1. The Morgan fingerprint density at radius 1 is 1.38 bits per heavy atom. The van der Waals surface area contributed by atoms with Gasteiger partial charge in [0.15, 0.2) is 0 Å². The van der Waals surface area contributed by atoms with Gasteiger partial charge >= 0.3 is 0 Å². The van der Waals surface area contributed by atoms with E-state index in [-0.39, 0.29) is 12.1 Å². The molecule has 1 amide bonds. The van der Waals surface area contributed by atoms with E-state index in [1.165, 1.54) is 18.2 Å². The van der Waals surface area contributed by atoms with Crippen LogP contribution in [-0.2, 0) is 6.54 Å². The molecule has 0 aromatic heterocycles. The van der Waals surface area contributed by atoms with Crippen molar-refractivity contribution in [2.24, 2.45) is 5.73 Å². The molecule has 2 aromatic rings. The first-order valence-corrected chi connectivity index (χ1v) is 6.41. The fourth-order valence-corrected chi connectivity index (χ4v) is 2.07. The lowest BCUT2D eigenvalue weighted by Crippen LogP contribution is -2.11. The SMILES string of the molecule is N#Cc1c(F)cccc1NCc1ccc(C(N)=O)cc1Cl. The second-order valence-corrected chi connectivity index (χ2v) is 4.71. The summed E-state index contributed by atoms with van der Waals surface area (Å²) in [6.07, 6.45) is 0. The molecule has 0 aliphatic rings. The molecule has 0 heterocycles. The number of hydrogen-bond donors (Lipinski definition) is 2. The van der Waals surface area contributed by atoms with Gasteiger partial charge in [-0.15, -0.1) is 0 Å². The van der Waals surface area contributed by atoms with Crippen LogP contribution in [0.15, 0.2) is 36.4 Å². The first kappa shape index (κ1) is 14.8. The Bertz CT molecular complexity index is 740. The van der Waals surface area contributed by atoms with Crippen LogP contribution < -0.4 is 11.1 Å². The first-order chi connectivity index (χ1) is 10.0. The molecule has 0 aliphatic carbocycles. The topological polar surface area (TPSA) is 78.9 Å². The van der Waals surface area contributed by atoms with Crippen molar-refractivity contribution in [3.05, 3.63) is 63.9 Å². The first-order valence-electron chi connectivity index (χ1n) is 6.03. The van der Waals surface area contributed by atoms with E-state index in [9.17, 15) is 9.18 Å². The molecule has 0 saturated heterocycles. The summed E-state index contributed by atoms with van der Waals surface area (Å²) < 4.78 is 13.5. The van der Waals surface area contributed by atoms with Gasteiger partial charge in [0.2, 0.25) is 5.91 Å². The summed E-state index contributed by atoms with van der Waals surface area (Å²) in [6, 6.07) is 10.8. The number of nitrogens with two attached hydrogens (primary N) is 1. The van der Waals surface area contributed by atoms with Gasteiger partial charge in [-0.05, 0) is 29.8 Å². The Hall–Kier alpha value is -2.58. The summed E-state index contributed by atoms with van der Waals surface area (Å²) in [5.41, 5.74) is 6.51.